The van der Waals surface area contributed by atoms with Gasteiger partial charge in [-0.25, -0.2) is 8.78 Å². The van der Waals surface area contributed by atoms with Gasteiger partial charge in [0.1, 0.15) is 0 Å². The van der Waals surface area contributed by atoms with Crippen LogP contribution in [0.1, 0.15) is 38.5 Å². The highest BCUT2D eigenvalue weighted by Gasteiger charge is 2.45. The number of halogens is 2. The molecule has 22 heavy (non-hydrogen) atoms. The number of piperidine rings is 1. The van der Waals surface area contributed by atoms with Gasteiger partial charge in [0.15, 0.2) is 0 Å². The summed E-state index contributed by atoms with van der Waals surface area (Å²) < 4.78 is 31.1. The molecule has 1 atom stereocenters. The molecule has 0 aromatic heterocycles. The number of nitrogens with one attached hydrogen (secondary N) is 1. The van der Waals surface area contributed by atoms with E-state index in [-0.39, 0.29) is 36.6 Å². The van der Waals surface area contributed by atoms with Crippen LogP contribution in [0.5, 0.6) is 0 Å². The van der Waals surface area contributed by atoms with Crippen molar-refractivity contribution in [3.05, 3.63) is 0 Å². The van der Waals surface area contributed by atoms with Gasteiger partial charge >= 0.3 is 0 Å². The molecule has 1 unspecified atom stereocenters. The van der Waals surface area contributed by atoms with Crippen molar-refractivity contribution < 1.29 is 18.3 Å². The second kappa shape index (κ2) is 6.79. The van der Waals surface area contributed by atoms with Gasteiger partial charge in [0, 0.05) is 45.2 Å². The van der Waals surface area contributed by atoms with Gasteiger partial charge in [-0.3, -0.25) is 4.79 Å². The zero-order chi connectivity index (χ0) is 15.6. The lowest BCUT2D eigenvalue weighted by atomic mass is 9.80. The fourth-order valence-corrected chi connectivity index (χ4v) is 3.88. The van der Waals surface area contributed by atoms with Crippen LogP contribution in [0.4, 0.5) is 8.78 Å². The largest absolute Gasteiger partial charge is 0.381 e. The maximum Gasteiger partial charge on any atom is 0.248 e. The summed E-state index contributed by atoms with van der Waals surface area (Å²) in [5, 5.41) is 3.14. The topological polar surface area (TPSA) is 41.6 Å². The Kier molecular flexibility index (Phi) is 4.97. The fraction of sp³-hybridized carbons (Fsp3) is 0.938. The van der Waals surface area contributed by atoms with Crippen LogP contribution in [-0.4, -0.2) is 55.6 Å². The Morgan fingerprint density at radius 1 is 1.23 bits per heavy atom. The number of nitrogens with zero attached hydrogens (tertiary/aromatic N) is 1. The zero-order valence-electron chi connectivity index (χ0n) is 13.0. The Balaban J connectivity index is 1.42. The standard InChI is InChI=1S/C16H26F2N2O2/c17-16(18)8-12(9-16)10-20-5-1-2-13(11-20)15(21)19-14-3-6-22-7-4-14/h12-14H,1-11H2,(H,19,21). The average molecular weight is 316 g/mol. The molecule has 2 saturated heterocycles. The van der Waals surface area contributed by atoms with Crippen LogP contribution in [0.25, 0.3) is 0 Å². The molecule has 1 amide bonds. The number of hydrogen-bond donors (Lipinski definition) is 1. The van der Waals surface area contributed by atoms with Crippen LogP contribution >= 0.6 is 0 Å². The van der Waals surface area contributed by atoms with Crippen molar-refractivity contribution in [2.75, 3.05) is 32.8 Å². The molecule has 3 fully saturated rings. The number of alkyl halides is 2. The number of likely N-dealkylation sites (tertiary alicyclic amines) is 1. The van der Waals surface area contributed by atoms with E-state index in [4.69, 9.17) is 4.74 Å². The van der Waals surface area contributed by atoms with Crippen LogP contribution in [0.3, 0.4) is 0 Å². The number of ether oxygens (including phenoxy) is 1. The number of amides is 1. The molecule has 0 aromatic carbocycles. The van der Waals surface area contributed by atoms with Gasteiger partial charge < -0.3 is 15.0 Å². The van der Waals surface area contributed by atoms with Crippen molar-refractivity contribution in [1.82, 2.24) is 10.2 Å². The van der Waals surface area contributed by atoms with Crippen molar-refractivity contribution in [2.45, 2.75) is 50.5 Å². The quantitative estimate of drug-likeness (QED) is 0.863. The number of hydrogen-bond acceptors (Lipinski definition) is 3. The van der Waals surface area contributed by atoms with E-state index in [9.17, 15) is 13.6 Å². The molecule has 3 rings (SSSR count). The van der Waals surface area contributed by atoms with Crippen LogP contribution in [-0.2, 0) is 9.53 Å². The molecule has 1 N–H and O–H groups in total. The first kappa shape index (κ1) is 16.1. The average Bonchev–Trinajstić information content (AvgIpc) is 2.47. The van der Waals surface area contributed by atoms with Gasteiger partial charge in [0.05, 0.1) is 5.92 Å². The molecule has 126 valence electrons. The Labute approximate surface area is 130 Å². The fourth-order valence-electron chi connectivity index (χ4n) is 3.88. The van der Waals surface area contributed by atoms with Crippen LogP contribution in [0.15, 0.2) is 0 Å². The third-order valence-corrected chi connectivity index (χ3v) is 5.14. The van der Waals surface area contributed by atoms with Crippen molar-refractivity contribution >= 4 is 5.91 Å². The first-order valence-electron chi connectivity index (χ1n) is 8.50. The summed E-state index contributed by atoms with van der Waals surface area (Å²) in [6.07, 6.45) is 3.70. The van der Waals surface area contributed by atoms with Gasteiger partial charge in [0.2, 0.25) is 11.8 Å². The second-order valence-corrected chi connectivity index (χ2v) is 7.12. The first-order valence-corrected chi connectivity index (χ1v) is 8.50. The SMILES string of the molecule is O=C(NC1CCOCC1)C1CCCN(CC2CC(F)(F)C2)C1. The Morgan fingerprint density at radius 3 is 2.64 bits per heavy atom. The molecule has 1 saturated carbocycles. The van der Waals surface area contributed by atoms with Crippen molar-refractivity contribution in [3.8, 4) is 0 Å². The monoisotopic (exact) mass is 316 g/mol. The minimum absolute atomic E-state index is 0.0113. The molecular weight excluding hydrogens is 290 g/mol. The Morgan fingerprint density at radius 2 is 1.95 bits per heavy atom. The summed E-state index contributed by atoms with van der Waals surface area (Å²) in [7, 11) is 0. The molecule has 4 nitrogen and oxygen atoms in total. The van der Waals surface area contributed by atoms with E-state index >= 15 is 0 Å². The lowest BCUT2D eigenvalue weighted by Crippen LogP contribution is -2.49. The lowest BCUT2D eigenvalue weighted by molar-refractivity contribution is -0.131. The van der Waals surface area contributed by atoms with E-state index in [1.54, 1.807) is 0 Å². The molecule has 0 aromatic rings. The Hall–Kier alpha value is -0.750. The minimum atomic E-state index is -2.44. The van der Waals surface area contributed by atoms with Gasteiger partial charge in [-0.05, 0) is 38.1 Å². The van der Waals surface area contributed by atoms with Crippen molar-refractivity contribution in [3.63, 3.8) is 0 Å². The van der Waals surface area contributed by atoms with Crippen LogP contribution < -0.4 is 5.32 Å². The predicted octanol–water partition coefficient (Wildman–Crippen LogP) is 2.04. The predicted molar refractivity (Wildman–Crippen MR) is 78.8 cm³/mol. The highest BCUT2D eigenvalue weighted by molar-refractivity contribution is 5.79. The molecular formula is C16H26F2N2O2. The van der Waals surface area contributed by atoms with E-state index in [2.05, 4.69) is 10.2 Å². The minimum Gasteiger partial charge on any atom is -0.381 e. The van der Waals surface area contributed by atoms with Crippen LogP contribution in [0.2, 0.25) is 0 Å². The van der Waals surface area contributed by atoms with E-state index in [0.29, 0.717) is 0 Å². The second-order valence-electron chi connectivity index (χ2n) is 7.12. The highest BCUT2D eigenvalue weighted by Crippen LogP contribution is 2.42. The number of carbonyl (C=O) groups excluding carboxylic acids is 1. The van der Waals surface area contributed by atoms with Crippen molar-refractivity contribution in [2.24, 2.45) is 11.8 Å². The van der Waals surface area contributed by atoms with E-state index in [0.717, 1.165) is 58.5 Å². The van der Waals surface area contributed by atoms with Gasteiger partial charge in [0.25, 0.3) is 0 Å². The molecule has 0 spiro atoms. The van der Waals surface area contributed by atoms with Gasteiger partial charge in [-0.2, -0.15) is 0 Å². The Bertz CT molecular complexity index is 392. The molecule has 0 radical (unpaired) electrons. The molecule has 2 heterocycles. The highest BCUT2D eigenvalue weighted by atomic mass is 19.3. The lowest BCUT2D eigenvalue weighted by Gasteiger charge is -2.40. The molecule has 2 aliphatic heterocycles. The smallest absolute Gasteiger partial charge is 0.248 e. The maximum atomic E-state index is 12.9. The van der Waals surface area contributed by atoms with E-state index in [1.807, 2.05) is 0 Å². The van der Waals surface area contributed by atoms with E-state index in [1.165, 1.54) is 0 Å². The van der Waals surface area contributed by atoms with Gasteiger partial charge in [-0.15, -0.1) is 0 Å². The third kappa shape index (κ3) is 4.16. The van der Waals surface area contributed by atoms with E-state index < -0.39 is 5.92 Å². The number of rotatable bonds is 4. The molecule has 1 aliphatic carbocycles. The molecule has 6 heteroatoms. The summed E-state index contributed by atoms with van der Waals surface area (Å²) in [4.78, 5) is 14.6. The molecule has 0 bridgehead atoms. The maximum absolute atomic E-state index is 12.9. The third-order valence-electron chi connectivity index (χ3n) is 5.14. The number of carbonyl (C=O) groups is 1. The summed E-state index contributed by atoms with van der Waals surface area (Å²) in [6.45, 7) is 3.81. The summed E-state index contributed by atoms with van der Waals surface area (Å²) in [6, 6.07) is 0.238. The summed E-state index contributed by atoms with van der Waals surface area (Å²) in [5.74, 6) is -2.19. The van der Waals surface area contributed by atoms with Crippen molar-refractivity contribution in [1.29, 1.82) is 0 Å². The normalized spacial score (nSPS) is 30.7. The molecule has 3 aliphatic rings. The summed E-state index contributed by atoms with van der Waals surface area (Å²) in [5.41, 5.74) is 0. The van der Waals surface area contributed by atoms with Crippen LogP contribution in [0, 0.1) is 11.8 Å². The van der Waals surface area contributed by atoms with Gasteiger partial charge in [-0.1, -0.05) is 0 Å². The zero-order valence-corrected chi connectivity index (χ0v) is 13.0. The first-order chi connectivity index (χ1) is 10.5. The summed E-state index contributed by atoms with van der Waals surface area (Å²) >= 11 is 0.